The van der Waals surface area contributed by atoms with Crippen LogP contribution in [0.1, 0.15) is 18.1 Å². The molecule has 3 aromatic rings. The van der Waals surface area contributed by atoms with Gasteiger partial charge in [0.25, 0.3) is 0 Å². The Kier molecular flexibility index (Phi) is 4.04. The van der Waals surface area contributed by atoms with E-state index in [2.05, 4.69) is 20.4 Å². The molecule has 1 aromatic carbocycles. The molecule has 1 unspecified atom stereocenters. The minimum Gasteiger partial charge on any atom is -0.380 e. The average Bonchev–Trinajstić information content (AvgIpc) is 2.97. The Hall–Kier alpha value is -2.61. The fourth-order valence-electron chi connectivity index (χ4n) is 3.19. The summed E-state index contributed by atoms with van der Waals surface area (Å²) in [6.07, 6.45) is 3.15. The van der Waals surface area contributed by atoms with Gasteiger partial charge in [0.05, 0.1) is 6.54 Å². The van der Waals surface area contributed by atoms with Crippen LogP contribution in [0.15, 0.2) is 24.4 Å². The van der Waals surface area contributed by atoms with Crippen LogP contribution in [-0.4, -0.2) is 32.9 Å². The number of methoxy groups -OCH3 is 1. The monoisotopic (exact) mass is 345 g/mol. The van der Waals surface area contributed by atoms with E-state index in [4.69, 9.17) is 4.74 Å². The standard InChI is InChI=1S/C17H17F2N5O/c1-25-9-15-22-16-3-2-11(8-24(16)23-15)21-14-4-5-20-17-12(14)6-10(18)7-13(17)19/h4-7,11H,2-3,8-9H2,1H3,(H,20,21). The molecule has 0 aliphatic carbocycles. The zero-order valence-corrected chi connectivity index (χ0v) is 13.7. The van der Waals surface area contributed by atoms with Crippen molar-refractivity contribution < 1.29 is 13.5 Å². The lowest BCUT2D eigenvalue weighted by atomic mass is 10.1. The van der Waals surface area contributed by atoms with Crippen molar-refractivity contribution in [2.24, 2.45) is 0 Å². The molecule has 6 nitrogen and oxygen atoms in total. The summed E-state index contributed by atoms with van der Waals surface area (Å²) in [4.78, 5) is 8.46. The Balaban J connectivity index is 1.60. The van der Waals surface area contributed by atoms with E-state index in [0.29, 0.717) is 30.0 Å². The highest BCUT2D eigenvalue weighted by atomic mass is 19.1. The molecule has 2 aromatic heterocycles. The van der Waals surface area contributed by atoms with Gasteiger partial charge < -0.3 is 10.1 Å². The zero-order chi connectivity index (χ0) is 17.4. The molecule has 0 fully saturated rings. The number of ether oxygens (including phenoxy) is 1. The molecule has 0 spiro atoms. The van der Waals surface area contributed by atoms with Crippen LogP contribution in [0.4, 0.5) is 14.5 Å². The number of aromatic nitrogens is 4. The summed E-state index contributed by atoms with van der Waals surface area (Å²) in [7, 11) is 1.61. The van der Waals surface area contributed by atoms with Crippen molar-refractivity contribution in [1.29, 1.82) is 0 Å². The minimum atomic E-state index is -0.662. The third kappa shape index (κ3) is 3.05. The molecule has 3 heterocycles. The number of benzene rings is 1. The molecule has 1 atom stereocenters. The second-order valence-electron chi connectivity index (χ2n) is 6.08. The molecule has 1 aliphatic rings. The number of anilines is 1. The predicted molar refractivity (Wildman–Crippen MR) is 88.1 cm³/mol. The maximum absolute atomic E-state index is 13.9. The van der Waals surface area contributed by atoms with E-state index in [1.165, 1.54) is 12.3 Å². The molecule has 0 saturated carbocycles. The van der Waals surface area contributed by atoms with E-state index in [9.17, 15) is 8.78 Å². The van der Waals surface area contributed by atoms with Crippen molar-refractivity contribution >= 4 is 16.6 Å². The number of aryl methyl sites for hydroxylation is 1. The largest absolute Gasteiger partial charge is 0.380 e. The van der Waals surface area contributed by atoms with Crippen LogP contribution in [0.5, 0.6) is 0 Å². The van der Waals surface area contributed by atoms with Crippen LogP contribution in [0.3, 0.4) is 0 Å². The van der Waals surface area contributed by atoms with E-state index >= 15 is 0 Å². The second-order valence-corrected chi connectivity index (χ2v) is 6.08. The fraction of sp³-hybridized carbons (Fsp3) is 0.353. The fourth-order valence-corrected chi connectivity index (χ4v) is 3.19. The van der Waals surface area contributed by atoms with E-state index in [1.807, 2.05) is 4.68 Å². The molecule has 0 radical (unpaired) electrons. The van der Waals surface area contributed by atoms with E-state index in [-0.39, 0.29) is 11.6 Å². The Morgan fingerprint density at radius 3 is 3.08 bits per heavy atom. The maximum Gasteiger partial charge on any atom is 0.176 e. The Morgan fingerprint density at radius 2 is 2.24 bits per heavy atom. The van der Waals surface area contributed by atoms with Gasteiger partial charge in [-0.15, -0.1) is 0 Å². The summed E-state index contributed by atoms with van der Waals surface area (Å²) in [5.41, 5.74) is 0.820. The average molecular weight is 345 g/mol. The van der Waals surface area contributed by atoms with Gasteiger partial charge in [-0.3, -0.25) is 4.98 Å². The Labute approximate surface area is 142 Å². The number of pyridine rings is 1. The van der Waals surface area contributed by atoms with E-state index < -0.39 is 11.6 Å². The van der Waals surface area contributed by atoms with Gasteiger partial charge in [0, 0.05) is 42.9 Å². The van der Waals surface area contributed by atoms with Gasteiger partial charge in [-0.1, -0.05) is 0 Å². The number of rotatable bonds is 4. The zero-order valence-electron chi connectivity index (χ0n) is 13.7. The summed E-state index contributed by atoms with van der Waals surface area (Å²) in [5, 5.41) is 8.23. The molecule has 8 heteroatoms. The number of hydrogen-bond donors (Lipinski definition) is 1. The first-order valence-corrected chi connectivity index (χ1v) is 8.06. The lowest BCUT2D eigenvalue weighted by molar-refractivity contribution is 0.177. The van der Waals surface area contributed by atoms with Crippen LogP contribution >= 0.6 is 0 Å². The highest BCUT2D eigenvalue weighted by Crippen LogP contribution is 2.27. The SMILES string of the molecule is COCc1nc2n(n1)CC(Nc1ccnc3c(F)cc(F)cc13)CC2. The minimum absolute atomic E-state index is 0.0847. The van der Waals surface area contributed by atoms with Gasteiger partial charge in [0.2, 0.25) is 0 Å². The molecule has 0 saturated heterocycles. The van der Waals surface area contributed by atoms with Crippen LogP contribution in [-0.2, 0) is 24.3 Å². The Bertz CT molecular complexity index is 927. The van der Waals surface area contributed by atoms with Crippen molar-refractivity contribution in [2.75, 3.05) is 12.4 Å². The maximum atomic E-state index is 13.9. The highest BCUT2D eigenvalue weighted by Gasteiger charge is 2.22. The van der Waals surface area contributed by atoms with Crippen molar-refractivity contribution in [3.8, 4) is 0 Å². The topological polar surface area (TPSA) is 64.9 Å². The molecular weight excluding hydrogens is 328 g/mol. The Morgan fingerprint density at radius 1 is 1.36 bits per heavy atom. The number of halogens is 2. The summed E-state index contributed by atoms with van der Waals surface area (Å²) in [5.74, 6) is 0.316. The van der Waals surface area contributed by atoms with Crippen molar-refractivity contribution in [3.05, 3.63) is 47.7 Å². The number of hydrogen-bond acceptors (Lipinski definition) is 5. The summed E-state index contributed by atoms with van der Waals surface area (Å²) in [6, 6.07) is 3.96. The van der Waals surface area contributed by atoms with Crippen LogP contribution < -0.4 is 5.32 Å². The van der Waals surface area contributed by atoms with Crippen LogP contribution in [0.2, 0.25) is 0 Å². The molecule has 0 amide bonds. The number of nitrogens with one attached hydrogen (secondary N) is 1. The van der Waals surface area contributed by atoms with E-state index in [0.717, 1.165) is 24.7 Å². The third-order valence-corrected chi connectivity index (χ3v) is 4.30. The number of fused-ring (bicyclic) bond motifs is 2. The summed E-state index contributed by atoms with van der Waals surface area (Å²) in [6.45, 7) is 1.01. The van der Waals surface area contributed by atoms with E-state index in [1.54, 1.807) is 13.2 Å². The summed E-state index contributed by atoms with van der Waals surface area (Å²) >= 11 is 0. The lowest BCUT2D eigenvalue weighted by Gasteiger charge is -2.25. The highest BCUT2D eigenvalue weighted by molar-refractivity contribution is 5.91. The molecule has 4 rings (SSSR count). The van der Waals surface area contributed by atoms with Crippen molar-refractivity contribution in [3.63, 3.8) is 0 Å². The first-order chi connectivity index (χ1) is 12.1. The van der Waals surface area contributed by atoms with Gasteiger partial charge in [-0.25, -0.2) is 18.4 Å². The summed E-state index contributed by atoms with van der Waals surface area (Å²) < 4.78 is 34.4. The smallest absolute Gasteiger partial charge is 0.176 e. The molecular formula is C17H17F2N5O. The first kappa shape index (κ1) is 15.9. The quantitative estimate of drug-likeness (QED) is 0.788. The van der Waals surface area contributed by atoms with Crippen molar-refractivity contribution in [2.45, 2.75) is 32.0 Å². The molecule has 130 valence electrons. The molecule has 25 heavy (non-hydrogen) atoms. The van der Waals surface area contributed by atoms with Crippen LogP contribution in [0.25, 0.3) is 10.9 Å². The normalized spacial score (nSPS) is 16.8. The first-order valence-electron chi connectivity index (χ1n) is 8.06. The predicted octanol–water partition coefficient (Wildman–Crippen LogP) is 2.68. The molecule has 0 bridgehead atoms. The van der Waals surface area contributed by atoms with Gasteiger partial charge in [0.1, 0.15) is 23.8 Å². The second kappa shape index (κ2) is 6.36. The molecule has 1 aliphatic heterocycles. The van der Waals surface area contributed by atoms with Gasteiger partial charge in [-0.05, 0) is 18.6 Å². The van der Waals surface area contributed by atoms with Gasteiger partial charge in [-0.2, -0.15) is 5.10 Å². The van der Waals surface area contributed by atoms with Crippen LogP contribution in [0, 0.1) is 11.6 Å². The van der Waals surface area contributed by atoms with Gasteiger partial charge in [0.15, 0.2) is 11.6 Å². The van der Waals surface area contributed by atoms with Gasteiger partial charge >= 0.3 is 0 Å². The lowest BCUT2D eigenvalue weighted by Crippen LogP contribution is -2.32. The number of nitrogens with zero attached hydrogens (tertiary/aromatic N) is 4. The third-order valence-electron chi connectivity index (χ3n) is 4.30. The molecule has 1 N–H and O–H groups in total. The van der Waals surface area contributed by atoms with Crippen molar-refractivity contribution in [1.82, 2.24) is 19.7 Å².